The van der Waals surface area contributed by atoms with Gasteiger partial charge in [0.2, 0.25) is 5.88 Å². The Bertz CT molecular complexity index is 1080. The molecule has 3 heterocycles. The Balaban J connectivity index is 1.67. The SMILES string of the molecule is COc1ncnc(C2(F)CC2)c1-c1ncc2c(n1)c(Br)nn2COCC[Si](C)(C)C. The van der Waals surface area contributed by atoms with E-state index in [9.17, 15) is 4.39 Å². The second kappa shape index (κ2) is 7.93. The number of hydrogen-bond donors (Lipinski definition) is 0. The first-order valence-corrected chi connectivity index (χ1v) is 14.3. The minimum Gasteiger partial charge on any atom is -0.480 e. The molecule has 0 radical (unpaired) electrons. The quantitative estimate of drug-likeness (QED) is 0.340. The van der Waals surface area contributed by atoms with Crippen LogP contribution >= 0.6 is 15.9 Å². The zero-order valence-electron chi connectivity index (χ0n) is 17.4. The van der Waals surface area contributed by atoms with Crippen LogP contribution in [0.2, 0.25) is 25.7 Å². The van der Waals surface area contributed by atoms with Crippen molar-refractivity contribution in [2.24, 2.45) is 0 Å². The summed E-state index contributed by atoms with van der Waals surface area (Å²) in [6.07, 6.45) is 3.80. The molecule has 0 unspecified atom stereocenters. The van der Waals surface area contributed by atoms with Crippen LogP contribution < -0.4 is 4.74 Å². The molecule has 8 nitrogen and oxygen atoms in total. The fourth-order valence-electron chi connectivity index (χ4n) is 3.08. The van der Waals surface area contributed by atoms with Crippen molar-refractivity contribution in [2.75, 3.05) is 13.7 Å². The number of nitrogens with zero attached hydrogens (tertiary/aromatic N) is 6. The number of alkyl halides is 1. The fourth-order valence-corrected chi connectivity index (χ4v) is 4.32. The van der Waals surface area contributed by atoms with E-state index in [-0.39, 0.29) is 11.6 Å². The van der Waals surface area contributed by atoms with Crippen LogP contribution in [-0.2, 0) is 17.1 Å². The average Bonchev–Trinajstić information content (AvgIpc) is 3.38. The van der Waals surface area contributed by atoms with E-state index < -0.39 is 13.7 Å². The van der Waals surface area contributed by atoms with Crippen molar-refractivity contribution in [3.05, 3.63) is 22.8 Å². The third-order valence-electron chi connectivity index (χ3n) is 5.00. The Kier molecular flexibility index (Phi) is 5.62. The van der Waals surface area contributed by atoms with Crippen molar-refractivity contribution >= 4 is 35.0 Å². The summed E-state index contributed by atoms with van der Waals surface area (Å²) in [5.74, 6) is 0.556. The normalized spacial score (nSPS) is 15.5. The largest absolute Gasteiger partial charge is 0.480 e. The number of fused-ring (bicyclic) bond motifs is 1. The molecule has 3 aromatic rings. The van der Waals surface area contributed by atoms with Crippen LogP contribution in [0.25, 0.3) is 22.4 Å². The molecule has 1 aliphatic rings. The molecular weight excluding hydrogens is 471 g/mol. The van der Waals surface area contributed by atoms with Gasteiger partial charge in [-0.3, -0.25) is 0 Å². The van der Waals surface area contributed by atoms with E-state index in [2.05, 4.69) is 60.6 Å². The van der Waals surface area contributed by atoms with Gasteiger partial charge in [-0.15, -0.1) is 0 Å². The summed E-state index contributed by atoms with van der Waals surface area (Å²) in [6.45, 7) is 7.93. The molecule has 0 amide bonds. The molecule has 0 spiro atoms. The van der Waals surface area contributed by atoms with Crippen LogP contribution in [0, 0.1) is 0 Å². The molecule has 0 atom stereocenters. The molecule has 0 bridgehead atoms. The van der Waals surface area contributed by atoms with Gasteiger partial charge >= 0.3 is 0 Å². The van der Waals surface area contributed by atoms with E-state index in [4.69, 9.17) is 9.47 Å². The summed E-state index contributed by atoms with van der Waals surface area (Å²) in [4.78, 5) is 17.4. The van der Waals surface area contributed by atoms with Gasteiger partial charge in [-0.25, -0.2) is 29.0 Å². The molecule has 11 heteroatoms. The van der Waals surface area contributed by atoms with E-state index in [0.717, 1.165) is 11.6 Å². The maximum atomic E-state index is 14.9. The molecular formula is C19H24BrFN6O2Si. The van der Waals surface area contributed by atoms with Crippen LogP contribution in [0.3, 0.4) is 0 Å². The van der Waals surface area contributed by atoms with Crippen molar-refractivity contribution in [2.45, 2.75) is 50.9 Å². The maximum Gasteiger partial charge on any atom is 0.227 e. The molecule has 0 saturated heterocycles. The Morgan fingerprint density at radius 1 is 1.23 bits per heavy atom. The van der Waals surface area contributed by atoms with Crippen LogP contribution in [0.5, 0.6) is 5.88 Å². The molecule has 3 aromatic heterocycles. The molecule has 1 saturated carbocycles. The maximum absolute atomic E-state index is 14.9. The van der Waals surface area contributed by atoms with Gasteiger partial charge in [-0.1, -0.05) is 19.6 Å². The Labute approximate surface area is 183 Å². The van der Waals surface area contributed by atoms with Gasteiger partial charge in [0.1, 0.15) is 29.7 Å². The van der Waals surface area contributed by atoms with Crippen LogP contribution in [0.4, 0.5) is 4.39 Å². The van der Waals surface area contributed by atoms with E-state index >= 15 is 0 Å². The lowest BCUT2D eigenvalue weighted by atomic mass is 10.1. The average molecular weight is 495 g/mol. The predicted octanol–water partition coefficient (Wildman–Crippen LogP) is 4.33. The van der Waals surface area contributed by atoms with E-state index in [0.29, 0.717) is 47.7 Å². The van der Waals surface area contributed by atoms with E-state index in [1.54, 1.807) is 10.9 Å². The van der Waals surface area contributed by atoms with Crippen molar-refractivity contribution in [3.8, 4) is 17.3 Å². The molecule has 0 N–H and O–H groups in total. The highest BCUT2D eigenvalue weighted by atomic mass is 79.9. The van der Waals surface area contributed by atoms with Gasteiger partial charge in [0.05, 0.1) is 19.0 Å². The number of methoxy groups -OCH3 is 1. The monoisotopic (exact) mass is 494 g/mol. The lowest BCUT2D eigenvalue weighted by Crippen LogP contribution is -2.22. The summed E-state index contributed by atoms with van der Waals surface area (Å²) < 4.78 is 28.4. The van der Waals surface area contributed by atoms with Gasteiger partial charge < -0.3 is 9.47 Å². The number of ether oxygens (including phenoxy) is 2. The minimum absolute atomic E-state index is 0.251. The molecule has 160 valence electrons. The van der Waals surface area contributed by atoms with Crippen molar-refractivity contribution in [1.82, 2.24) is 29.7 Å². The molecule has 1 fully saturated rings. The minimum atomic E-state index is -1.48. The molecule has 4 rings (SSSR count). The summed E-state index contributed by atoms with van der Waals surface area (Å²) in [5.41, 5.74) is 0.502. The zero-order chi connectivity index (χ0) is 21.5. The molecule has 1 aliphatic carbocycles. The first kappa shape index (κ1) is 21.3. The summed E-state index contributed by atoms with van der Waals surface area (Å²) in [7, 11) is 0.327. The van der Waals surface area contributed by atoms with Crippen LogP contribution in [0.1, 0.15) is 18.5 Å². The van der Waals surface area contributed by atoms with E-state index in [1.807, 2.05) is 0 Å². The first-order chi connectivity index (χ1) is 14.2. The zero-order valence-corrected chi connectivity index (χ0v) is 20.0. The third kappa shape index (κ3) is 4.23. The Morgan fingerprint density at radius 2 is 2.00 bits per heavy atom. The number of rotatable bonds is 8. The highest BCUT2D eigenvalue weighted by Crippen LogP contribution is 2.52. The second-order valence-corrected chi connectivity index (χ2v) is 15.0. The van der Waals surface area contributed by atoms with E-state index in [1.165, 1.54) is 13.4 Å². The number of halogens is 2. The van der Waals surface area contributed by atoms with Gasteiger partial charge in [-0.05, 0) is 34.8 Å². The lowest BCUT2D eigenvalue weighted by molar-refractivity contribution is 0.0814. The van der Waals surface area contributed by atoms with Crippen LogP contribution in [-0.4, -0.2) is 51.5 Å². The standard InChI is InChI=1S/C19H24BrFN6O2Si/c1-28-18-13(15(23-10-24-18)19(21)5-6-19)17-22-9-12-14(25-17)16(20)26-27(12)11-29-7-8-30(2,3)4/h9-10H,5-8,11H2,1-4H3. The van der Waals surface area contributed by atoms with Crippen molar-refractivity contribution in [3.63, 3.8) is 0 Å². The lowest BCUT2D eigenvalue weighted by Gasteiger charge is -2.15. The summed E-state index contributed by atoms with van der Waals surface area (Å²) >= 11 is 3.46. The van der Waals surface area contributed by atoms with Crippen LogP contribution in [0.15, 0.2) is 17.1 Å². The van der Waals surface area contributed by atoms with Crippen molar-refractivity contribution in [1.29, 1.82) is 0 Å². The Morgan fingerprint density at radius 3 is 2.67 bits per heavy atom. The smallest absolute Gasteiger partial charge is 0.227 e. The third-order valence-corrected chi connectivity index (χ3v) is 7.24. The van der Waals surface area contributed by atoms with Gasteiger partial charge in [0, 0.05) is 14.7 Å². The summed E-state index contributed by atoms with van der Waals surface area (Å²) in [5, 5.41) is 4.47. The second-order valence-electron chi connectivity index (χ2n) is 8.64. The van der Waals surface area contributed by atoms with Gasteiger partial charge in [0.25, 0.3) is 0 Å². The Hall–Kier alpha value is -1.98. The highest BCUT2D eigenvalue weighted by Gasteiger charge is 2.49. The number of hydrogen-bond acceptors (Lipinski definition) is 7. The number of aromatic nitrogens is 6. The van der Waals surface area contributed by atoms with Gasteiger partial charge in [-0.2, -0.15) is 5.10 Å². The van der Waals surface area contributed by atoms with Gasteiger partial charge in [0.15, 0.2) is 16.1 Å². The highest BCUT2D eigenvalue weighted by molar-refractivity contribution is 9.10. The predicted molar refractivity (Wildman–Crippen MR) is 117 cm³/mol. The first-order valence-electron chi connectivity index (χ1n) is 9.77. The molecule has 30 heavy (non-hydrogen) atoms. The van der Waals surface area contributed by atoms with Crippen molar-refractivity contribution < 1.29 is 13.9 Å². The summed E-state index contributed by atoms with van der Waals surface area (Å²) in [6, 6.07) is 1.08. The topological polar surface area (TPSA) is 87.8 Å². The fraction of sp³-hybridized carbons (Fsp3) is 0.526. The molecule has 0 aromatic carbocycles. The molecule has 0 aliphatic heterocycles.